The van der Waals surface area contributed by atoms with Gasteiger partial charge in [-0.1, -0.05) is 30.3 Å². The van der Waals surface area contributed by atoms with Crippen molar-refractivity contribution in [3.8, 4) is 11.5 Å². The number of benzene rings is 2. The van der Waals surface area contributed by atoms with Crippen molar-refractivity contribution in [1.29, 1.82) is 0 Å². The summed E-state index contributed by atoms with van der Waals surface area (Å²) in [6, 6.07) is 15.4. The highest BCUT2D eigenvalue weighted by Crippen LogP contribution is 2.33. The number of carbonyl (C=O) groups excluding carboxylic acids is 1. The van der Waals surface area contributed by atoms with Crippen molar-refractivity contribution in [2.75, 3.05) is 25.6 Å². The molecule has 4 rings (SSSR count). The fraction of sp³-hybridized carbons (Fsp3) is 0.190. The molecule has 7 heteroatoms. The minimum Gasteiger partial charge on any atom is -0.486 e. The third-order valence-corrected chi connectivity index (χ3v) is 4.31. The summed E-state index contributed by atoms with van der Waals surface area (Å²) in [4.78, 5) is 22.7. The van der Waals surface area contributed by atoms with Crippen molar-refractivity contribution in [2.24, 2.45) is 0 Å². The summed E-state index contributed by atoms with van der Waals surface area (Å²) in [5.74, 6) is 1.68. The Morgan fingerprint density at radius 3 is 2.50 bits per heavy atom. The van der Waals surface area contributed by atoms with Gasteiger partial charge in [0.2, 0.25) is 5.95 Å². The maximum absolute atomic E-state index is 12.6. The maximum Gasteiger partial charge on any atom is 0.257 e. The van der Waals surface area contributed by atoms with Gasteiger partial charge in [0.25, 0.3) is 5.91 Å². The monoisotopic (exact) mass is 376 g/mol. The Hall–Kier alpha value is -3.61. The van der Waals surface area contributed by atoms with Gasteiger partial charge in [-0.15, -0.1) is 0 Å². The smallest absolute Gasteiger partial charge is 0.257 e. The lowest BCUT2D eigenvalue weighted by Gasteiger charge is -2.19. The Morgan fingerprint density at radius 2 is 1.75 bits per heavy atom. The van der Waals surface area contributed by atoms with E-state index in [1.54, 1.807) is 11.9 Å². The lowest BCUT2D eigenvalue weighted by molar-refractivity contribution is 0.0784. The Kier molecular flexibility index (Phi) is 5.05. The predicted octanol–water partition coefficient (Wildman–Crippen LogP) is 3.26. The third-order valence-electron chi connectivity index (χ3n) is 4.31. The molecule has 1 aromatic heterocycles. The summed E-state index contributed by atoms with van der Waals surface area (Å²) < 4.78 is 11.1. The molecule has 0 bridgehead atoms. The zero-order valence-corrected chi connectivity index (χ0v) is 15.5. The molecule has 3 aromatic rings. The summed E-state index contributed by atoms with van der Waals surface area (Å²) in [6.45, 7) is 1.61. The third kappa shape index (κ3) is 4.03. The molecule has 142 valence electrons. The zero-order valence-electron chi connectivity index (χ0n) is 15.5. The van der Waals surface area contributed by atoms with Crippen LogP contribution < -0.4 is 14.8 Å². The number of rotatable bonds is 5. The average molecular weight is 376 g/mol. The molecule has 1 aliphatic rings. The van der Waals surface area contributed by atoms with Crippen LogP contribution in [0.1, 0.15) is 15.9 Å². The summed E-state index contributed by atoms with van der Waals surface area (Å²) in [5.41, 5.74) is 2.28. The van der Waals surface area contributed by atoms with Gasteiger partial charge in [-0.2, -0.15) is 0 Å². The summed E-state index contributed by atoms with van der Waals surface area (Å²) >= 11 is 0. The molecular weight excluding hydrogens is 356 g/mol. The largest absolute Gasteiger partial charge is 0.486 e. The van der Waals surface area contributed by atoms with Crippen molar-refractivity contribution in [1.82, 2.24) is 14.9 Å². The Bertz CT molecular complexity index is 961. The van der Waals surface area contributed by atoms with E-state index in [4.69, 9.17) is 9.47 Å². The first-order valence-corrected chi connectivity index (χ1v) is 8.97. The second-order valence-electron chi connectivity index (χ2n) is 6.43. The van der Waals surface area contributed by atoms with Crippen LogP contribution >= 0.6 is 0 Å². The number of hydrogen-bond acceptors (Lipinski definition) is 6. The Morgan fingerprint density at radius 1 is 1.04 bits per heavy atom. The fourth-order valence-corrected chi connectivity index (χ4v) is 2.90. The standard InChI is InChI=1S/C21H20N4O3/c1-25(14-15-5-3-2-4-6-15)20(26)16-12-22-21(23-13-16)24-17-7-8-18-19(11-17)28-10-9-27-18/h2-8,11-13H,9-10,14H2,1H3,(H,22,23,24). The van der Waals surface area contributed by atoms with Gasteiger partial charge < -0.3 is 19.7 Å². The van der Waals surface area contributed by atoms with Crippen LogP contribution in [-0.4, -0.2) is 41.0 Å². The highest BCUT2D eigenvalue weighted by atomic mass is 16.6. The van der Waals surface area contributed by atoms with Gasteiger partial charge in [0.15, 0.2) is 11.5 Å². The number of hydrogen-bond donors (Lipinski definition) is 1. The lowest BCUT2D eigenvalue weighted by Crippen LogP contribution is -2.26. The topological polar surface area (TPSA) is 76.6 Å². The molecule has 2 heterocycles. The number of nitrogens with zero attached hydrogens (tertiary/aromatic N) is 3. The molecule has 0 saturated heterocycles. The van der Waals surface area contributed by atoms with Crippen molar-refractivity contribution in [3.05, 3.63) is 72.1 Å². The van der Waals surface area contributed by atoms with Crippen LogP contribution in [0.4, 0.5) is 11.6 Å². The van der Waals surface area contributed by atoms with E-state index in [9.17, 15) is 4.79 Å². The first-order chi connectivity index (χ1) is 13.7. The van der Waals surface area contributed by atoms with E-state index in [0.29, 0.717) is 37.0 Å². The number of aromatic nitrogens is 2. The van der Waals surface area contributed by atoms with E-state index in [-0.39, 0.29) is 5.91 Å². The molecular formula is C21H20N4O3. The molecule has 1 N–H and O–H groups in total. The van der Waals surface area contributed by atoms with Crippen molar-refractivity contribution < 1.29 is 14.3 Å². The lowest BCUT2D eigenvalue weighted by atomic mass is 10.2. The molecule has 7 nitrogen and oxygen atoms in total. The number of ether oxygens (including phenoxy) is 2. The summed E-state index contributed by atoms with van der Waals surface area (Å²) in [7, 11) is 1.76. The van der Waals surface area contributed by atoms with Crippen LogP contribution in [-0.2, 0) is 6.54 Å². The normalized spacial score (nSPS) is 12.3. The molecule has 0 atom stereocenters. The van der Waals surface area contributed by atoms with Crippen LogP contribution in [0.2, 0.25) is 0 Å². The minimum absolute atomic E-state index is 0.130. The molecule has 0 unspecified atom stereocenters. The molecule has 0 radical (unpaired) electrons. The molecule has 0 spiro atoms. The zero-order chi connectivity index (χ0) is 19.3. The first kappa shape index (κ1) is 17.8. The molecule has 1 aliphatic heterocycles. The van der Waals surface area contributed by atoms with Gasteiger partial charge in [0.05, 0.1) is 5.56 Å². The van der Waals surface area contributed by atoms with E-state index in [2.05, 4.69) is 15.3 Å². The van der Waals surface area contributed by atoms with E-state index in [0.717, 1.165) is 17.0 Å². The maximum atomic E-state index is 12.6. The van der Waals surface area contributed by atoms with Crippen LogP contribution in [0.3, 0.4) is 0 Å². The number of nitrogens with one attached hydrogen (secondary N) is 1. The quantitative estimate of drug-likeness (QED) is 0.737. The number of amides is 1. The number of anilines is 2. The highest BCUT2D eigenvalue weighted by Gasteiger charge is 2.14. The van der Waals surface area contributed by atoms with Gasteiger partial charge in [0, 0.05) is 37.7 Å². The number of carbonyl (C=O) groups is 1. The van der Waals surface area contributed by atoms with Crippen LogP contribution in [0.25, 0.3) is 0 Å². The van der Waals surface area contributed by atoms with E-state index < -0.39 is 0 Å². The second kappa shape index (κ2) is 7.96. The predicted molar refractivity (Wildman–Crippen MR) is 105 cm³/mol. The Labute approximate surface area is 163 Å². The number of fused-ring (bicyclic) bond motifs is 1. The van der Waals surface area contributed by atoms with Crippen LogP contribution in [0, 0.1) is 0 Å². The molecule has 2 aromatic carbocycles. The molecule has 0 aliphatic carbocycles. The SMILES string of the molecule is CN(Cc1ccccc1)C(=O)c1cnc(Nc2ccc3c(c2)OCCO3)nc1. The molecule has 28 heavy (non-hydrogen) atoms. The van der Waals surface area contributed by atoms with Crippen molar-refractivity contribution in [3.63, 3.8) is 0 Å². The van der Waals surface area contributed by atoms with Crippen molar-refractivity contribution in [2.45, 2.75) is 6.54 Å². The van der Waals surface area contributed by atoms with E-state index in [1.165, 1.54) is 12.4 Å². The minimum atomic E-state index is -0.130. The summed E-state index contributed by atoms with van der Waals surface area (Å²) in [6.07, 6.45) is 3.05. The van der Waals surface area contributed by atoms with Crippen LogP contribution in [0.5, 0.6) is 11.5 Å². The van der Waals surface area contributed by atoms with E-state index in [1.807, 2.05) is 48.5 Å². The first-order valence-electron chi connectivity index (χ1n) is 8.97. The molecule has 0 fully saturated rings. The fourth-order valence-electron chi connectivity index (χ4n) is 2.90. The van der Waals surface area contributed by atoms with Gasteiger partial charge in [-0.3, -0.25) is 4.79 Å². The molecule has 0 saturated carbocycles. The molecule has 1 amide bonds. The highest BCUT2D eigenvalue weighted by molar-refractivity contribution is 5.93. The van der Waals surface area contributed by atoms with Gasteiger partial charge in [-0.05, 0) is 17.7 Å². The van der Waals surface area contributed by atoms with Gasteiger partial charge in [0.1, 0.15) is 13.2 Å². The average Bonchev–Trinajstić information content (AvgIpc) is 2.74. The van der Waals surface area contributed by atoms with Gasteiger partial charge >= 0.3 is 0 Å². The Balaban J connectivity index is 1.41. The van der Waals surface area contributed by atoms with Gasteiger partial charge in [-0.25, -0.2) is 9.97 Å². The second-order valence-corrected chi connectivity index (χ2v) is 6.43. The van der Waals surface area contributed by atoms with Crippen LogP contribution in [0.15, 0.2) is 60.9 Å². The van der Waals surface area contributed by atoms with Crippen molar-refractivity contribution >= 4 is 17.5 Å². The van der Waals surface area contributed by atoms with E-state index >= 15 is 0 Å². The summed E-state index contributed by atoms with van der Waals surface area (Å²) in [5, 5.41) is 3.11.